The van der Waals surface area contributed by atoms with Crippen LogP contribution in [0, 0.1) is 11.3 Å². The molecule has 2 N–H and O–H groups in total. The molecule has 1 heterocycles. The molecule has 0 amide bonds. The average molecular weight is 309 g/mol. The quantitative estimate of drug-likeness (QED) is 0.937. The van der Waals surface area contributed by atoms with Gasteiger partial charge in [0.25, 0.3) is 0 Å². The number of hydrogen-bond donors (Lipinski definition) is 1. The normalized spacial score (nSPS) is 10.8. The van der Waals surface area contributed by atoms with Crippen molar-refractivity contribution in [3.63, 3.8) is 0 Å². The second kappa shape index (κ2) is 5.74. The van der Waals surface area contributed by atoms with Gasteiger partial charge >= 0.3 is 0 Å². The van der Waals surface area contributed by atoms with Crippen molar-refractivity contribution in [2.45, 2.75) is 26.3 Å². The van der Waals surface area contributed by atoms with E-state index in [1.54, 1.807) is 16.8 Å². The highest BCUT2D eigenvalue weighted by Gasteiger charge is 2.18. The minimum absolute atomic E-state index is 0.141. The first-order chi connectivity index (χ1) is 9.43. The number of rotatable bonds is 3. The summed E-state index contributed by atoms with van der Waals surface area (Å²) >= 11 is 11.9. The van der Waals surface area contributed by atoms with Crippen LogP contribution in [0.25, 0.3) is 0 Å². The number of benzene rings is 1. The van der Waals surface area contributed by atoms with Gasteiger partial charge in [0.05, 0.1) is 22.3 Å². The standard InChI is InChI=1S/C14H14Cl2N4/c1-8(2)13-10(6-17)14(18)20(19-13)7-9-3-4-11(15)12(16)5-9/h3-5,8H,7,18H2,1-2H3. The van der Waals surface area contributed by atoms with E-state index in [2.05, 4.69) is 11.2 Å². The van der Waals surface area contributed by atoms with Crippen molar-refractivity contribution < 1.29 is 0 Å². The molecule has 2 aromatic rings. The summed E-state index contributed by atoms with van der Waals surface area (Å²) in [7, 11) is 0. The number of nitrogens with two attached hydrogens (primary N) is 1. The number of nitrogen functional groups attached to an aromatic ring is 1. The first-order valence-corrected chi connectivity index (χ1v) is 6.89. The first-order valence-electron chi connectivity index (χ1n) is 6.14. The molecule has 2 rings (SSSR count). The maximum Gasteiger partial charge on any atom is 0.140 e. The summed E-state index contributed by atoms with van der Waals surface area (Å²) in [6, 6.07) is 7.47. The predicted molar refractivity (Wildman–Crippen MR) is 81.0 cm³/mol. The number of nitrogens with zero attached hydrogens (tertiary/aromatic N) is 3. The Kier molecular flexibility index (Phi) is 4.22. The van der Waals surface area contributed by atoms with Crippen molar-refractivity contribution in [2.75, 3.05) is 5.73 Å². The third kappa shape index (κ3) is 2.74. The minimum atomic E-state index is 0.141. The van der Waals surface area contributed by atoms with Crippen molar-refractivity contribution in [1.82, 2.24) is 9.78 Å². The molecular weight excluding hydrogens is 295 g/mol. The van der Waals surface area contributed by atoms with E-state index in [4.69, 9.17) is 28.9 Å². The molecule has 0 bridgehead atoms. The third-order valence-electron chi connectivity index (χ3n) is 2.99. The van der Waals surface area contributed by atoms with E-state index in [0.717, 1.165) is 5.56 Å². The molecule has 20 heavy (non-hydrogen) atoms. The topological polar surface area (TPSA) is 67.6 Å². The Morgan fingerprint density at radius 2 is 2.05 bits per heavy atom. The molecule has 0 spiro atoms. The third-order valence-corrected chi connectivity index (χ3v) is 3.73. The lowest BCUT2D eigenvalue weighted by atomic mass is 10.1. The molecule has 0 aliphatic rings. The Morgan fingerprint density at radius 3 is 2.55 bits per heavy atom. The van der Waals surface area contributed by atoms with Gasteiger partial charge < -0.3 is 5.73 Å². The summed E-state index contributed by atoms with van der Waals surface area (Å²) in [6.07, 6.45) is 0. The van der Waals surface area contributed by atoms with Crippen molar-refractivity contribution in [3.8, 4) is 6.07 Å². The van der Waals surface area contributed by atoms with Crippen LogP contribution in [0.4, 0.5) is 5.82 Å². The fourth-order valence-corrected chi connectivity index (χ4v) is 2.27. The van der Waals surface area contributed by atoms with Gasteiger partial charge in [-0.2, -0.15) is 10.4 Å². The molecule has 4 nitrogen and oxygen atoms in total. The fourth-order valence-electron chi connectivity index (χ4n) is 1.94. The van der Waals surface area contributed by atoms with Gasteiger partial charge in [0.1, 0.15) is 17.5 Å². The molecule has 0 saturated carbocycles. The smallest absolute Gasteiger partial charge is 0.140 e. The van der Waals surface area contributed by atoms with Gasteiger partial charge in [-0.25, -0.2) is 4.68 Å². The second-order valence-corrected chi connectivity index (χ2v) is 5.63. The largest absolute Gasteiger partial charge is 0.383 e. The maximum atomic E-state index is 9.19. The van der Waals surface area contributed by atoms with Crippen LogP contribution < -0.4 is 5.73 Å². The Bertz CT molecular complexity index is 683. The van der Waals surface area contributed by atoms with Gasteiger partial charge in [-0.15, -0.1) is 0 Å². The summed E-state index contributed by atoms with van der Waals surface area (Å²) in [5.74, 6) is 0.518. The van der Waals surface area contributed by atoms with E-state index in [1.807, 2.05) is 19.9 Å². The van der Waals surface area contributed by atoms with Crippen molar-refractivity contribution in [3.05, 3.63) is 45.1 Å². The van der Waals surface area contributed by atoms with Crippen LogP contribution >= 0.6 is 23.2 Å². The van der Waals surface area contributed by atoms with Crippen LogP contribution in [0.15, 0.2) is 18.2 Å². The van der Waals surface area contributed by atoms with Crippen LogP contribution in [-0.4, -0.2) is 9.78 Å². The lowest BCUT2D eigenvalue weighted by Gasteiger charge is -2.05. The van der Waals surface area contributed by atoms with Crippen LogP contribution in [0.5, 0.6) is 0 Å². The van der Waals surface area contributed by atoms with Crippen LogP contribution in [0.1, 0.15) is 36.6 Å². The Hall–Kier alpha value is -1.70. The molecule has 1 aromatic heterocycles. The van der Waals surface area contributed by atoms with E-state index >= 15 is 0 Å². The van der Waals surface area contributed by atoms with E-state index in [-0.39, 0.29) is 5.92 Å². The summed E-state index contributed by atoms with van der Waals surface area (Å²) in [6.45, 7) is 4.41. The van der Waals surface area contributed by atoms with E-state index in [9.17, 15) is 5.26 Å². The molecule has 0 atom stereocenters. The van der Waals surface area contributed by atoms with Gasteiger partial charge in [0.15, 0.2) is 0 Å². The zero-order chi connectivity index (χ0) is 14.9. The zero-order valence-corrected chi connectivity index (χ0v) is 12.7. The van der Waals surface area contributed by atoms with Crippen LogP contribution in [-0.2, 0) is 6.54 Å². The highest BCUT2D eigenvalue weighted by molar-refractivity contribution is 6.42. The summed E-state index contributed by atoms with van der Waals surface area (Å²) < 4.78 is 1.62. The van der Waals surface area contributed by atoms with Gasteiger partial charge in [-0.3, -0.25) is 0 Å². The molecule has 0 radical (unpaired) electrons. The summed E-state index contributed by atoms with van der Waals surface area (Å²) in [5.41, 5.74) is 8.07. The SMILES string of the molecule is CC(C)c1nn(Cc2ccc(Cl)c(Cl)c2)c(N)c1C#N. The molecule has 0 fully saturated rings. The number of halogens is 2. The Labute approximate surface area is 127 Å². The predicted octanol–water partition coefficient (Wildman–Crippen LogP) is 3.82. The van der Waals surface area contributed by atoms with E-state index < -0.39 is 0 Å². The molecule has 104 valence electrons. The molecular formula is C14H14Cl2N4. The van der Waals surface area contributed by atoms with Crippen molar-refractivity contribution in [2.24, 2.45) is 0 Å². The summed E-state index contributed by atoms with van der Waals surface area (Å²) in [4.78, 5) is 0. The molecule has 1 aromatic carbocycles. The lowest BCUT2D eigenvalue weighted by molar-refractivity contribution is 0.664. The molecule has 6 heteroatoms. The molecule has 0 saturated heterocycles. The Balaban J connectivity index is 2.39. The number of aromatic nitrogens is 2. The average Bonchev–Trinajstić information content (AvgIpc) is 2.71. The lowest BCUT2D eigenvalue weighted by Crippen LogP contribution is -2.06. The monoisotopic (exact) mass is 308 g/mol. The zero-order valence-electron chi connectivity index (χ0n) is 11.2. The van der Waals surface area contributed by atoms with Gasteiger partial charge in [0.2, 0.25) is 0 Å². The maximum absolute atomic E-state index is 9.19. The first kappa shape index (κ1) is 14.7. The van der Waals surface area contributed by atoms with E-state index in [1.165, 1.54) is 0 Å². The van der Waals surface area contributed by atoms with Gasteiger partial charge in [-0.05, 0) is 23.6 Å². The minimum Gasteiger partial charge on any atom is -0.383 e. The summed E-state index contributed by atoms with van der Waals surface area (Å²) in [5, 5.41) is 14.6. The molecule has 0 unspecified atom stereocenters. The highest BCUT2D eigenvalue weighted by Crippen LogP contribution is 2.26. The molecule has 0 aliphatic carbocycles. The van der Waals surface area contributed by atoms with Gasteiger partial charge in [0, 0.05) is 0 Å². The molecule has 0 aliphatic heterocycles. The fraction of sp³-hybridized carbons (Fsp3) is 0.286. The van der Waals surface area contributed by atoms with Crippen LogP contribution in [0.2, 0.25) is 10.0 Å². The van der Waals surface area contributed by atoms with Crippen molar-refractivity contribution in [1.29, 1.82) is 5.26 Å². The number of nitriles is 1. The number of hydrogen-bond acceptors (Lipinski definition) is 3. The number of anilines is 1. The second-order valence-electron chi connectivity index (χ2n) is 4.82. The van der Waals surface area contributed by atoms with E-state index in [0.29, 0.717) is 33.7 Å². The van der Waals surface area contributed by atoms with Gasteiger partial charge in [-0.1, -0.05) is 43.1 Å². The highest BCUT2D eigenvalue weighted by atomic mass is 35.5. The van der Waals surface area contributed by atoms with Crippen LogP contribution in [0.3, 0.4) is 0 Å². The van der Waals surface area contributed by atoms with Crippen molar-refractivity contribution >= 4 is 29.0 Å². The Morgan fingerprint density at radius 1 is 1.35 bits per heavy atom.